The van der Waals surface area contributed by atoms with Gasteiger partial charge in [-0.2, -0.15) is 0 Å². The van der Waals surface area contributed by atoms with Gasteiger partial charge in [0.2, 0.25) is 0 Å². The van der Waals surface area contributed by atoms with E-state index >= 15 is 0 Å². The van der Waals surface area contributed by atoms with Crippen molar-refractivity contribution < 1.29 is 5.21 Å². The van der Waals surface area contributed by atoms with Crippen LogP contribution < -0.4 is 10.6 Å². The zero-order valence-electron chi connectivity index (χ0n) is 12.1. The number of piperidine rings is 1. The number of amidine groups is 1. The Hall–Kier alpha value is -1.89. The summed E-state index contributed by atoms with van der Waals surface area (Å²) in [5.74, 6) is 0.729. The zero-order chi connectivity index (χ0) is 14.7. The normalized spacial score (nSPS) is 24.5. The first-order chi connectivity index (χ1) is 10.3. The molecule has 3 rings (SSSR count). The number of hydrogen-bond acceptors (Lipinski definition) is 6. The van der Waals surface area contributed by atoms with E-state index in [0.29, 0.717) is 17.6 Å². The highest BCUT2D eigenvalue weighted by Gasteiger charge is 2.30. The first kappa shape index (κ1) is 14.1. The Labute approximate surface area is 124 Å². The second kappa shape index (κ2) is 6.26. The molecular weight excluding hydrogens is 268 g/mol. The van der Waals surface area contributed by atoms with Crippen LogP contribution in [0.5, 0.6) is 0 Å². The fraction of sp³-hybridized carbons (Fsp3) is 0.643. The number of oxime groups is 1. The minimum absolute atomic E-state index is 0.0134. The molecule has 3 heterocycles. The Morgan fingerprint density at radius 2 is 1.95 bits per heavy atom. The molecule has 2 aliphatic rings. The van der Waals surface area contributed by atoms with Crippen LogP contribution in [0.4, 0.5) is 5.82 Å². The Morgan fingerprint density at radius 1 is 1.19 bits per heavy atom. The molecule has 2 fully saturated rings. The summed E-state index contributed by atoms with van der Waals surface area (Å²) in [4.78, 5) is 13.4. The smallest absolute Gasteiger partial charge is 0.192 e. The molecule has 7 heteroatoms. The Bertz CT molecular complexity index is 514. The lowest BCUT2D eigenvalue weighted by Crippen LogP contribution is -2.41. The summed E-state index contributed by atoms with van der Waals surface area (Å²) < 4.78 is 0. The molecule has 7 nitrogen and oxygen atoms in total. The minimum Gasteiger partial charge on any atom is -0.409 e. The highest BCUT2D eigenvalue weighted by molar-refractivity contribution is 5.99. The third kappa shape index (κ3) is 2.92. The maximum absolute atomic E-state index is 8.88. The second-order valence-electron chi connectivity index (χ2n) is 5.70. The Kier molecular flexibility index (Phi) is 4.19. The average Bonchev–Trinajstić information content (AvgIpc) is 3.05. The van der Waals surface area contributed by atoms with Crippen LogP contribution in [0.3, 0.4) is 0 Å². The molecule has 1 aromatic rings. The lowest BCUT2D eigenvalue weighted by molar-refractivity contribution is 0.175. The third-order valence-electron chi connectivity index (χ3n) is 4.40. The fourth-order valence-corrected chi connectivity index (χ4v) is 3.31. The van der Waals surface area contributed by atoms with Crippen molar-refractivity contribution in [3.8, 4) is 0 Å². The van der Waals surface area contributed by atoms with Crippen molar-refractivity contribution in [2.45, 2.75) is 31.7 Å². The van der Waals surface area contributed by atoms with Crippen LogP contribution in [0.2, 0.25) is 0 Å². The molecule has 0 aliphatic carbocycles. The lowest BCUT2D eigenvalue weighted by atomic mass is 10.1. The van der Waals surface area contributed by atoms with Gasteiger partial charge in [-0.25, -0.2) is 9.97 Å². The van der Waals surface area contributed by atoms with Crippen molar-refractivity contribution >= 4 is 11.7 Å². The van der Waals surface area contributed by atoms with Gasteiger partial charge in [0.15, 0.2) is 17.3 Å². The van der Waals surface area contributed by atoms with Crippen molar-refractivity contribution in [2.75, 3.05) is 31.1 Å². The highest BCUT2D eigenvalue weighted by atomic mass is 16.4. The van der Waals surface area contributed by atoms with Gasteiger partial charge in [0.25, 0.3) is 0 Å². The molecule has 21 heavy (non-hydrogen) atoms. The SMILES string of the molecule is NC(=NO)c1nccnc1N1CCC(N2CCCCC2)C1. The maximum atomic E-state index is 8.88. The summed E-state index contributed by atoms with van der Waals surface area (Å²) in [6, 6.07) is 0.576. The molecule has 114 valence electrons. The monoisotopic (exact) mass is 290 g/mol. The molecule has 0 radical (unpaired) electrons. The van der Waals surface area contributed by atoms with E-state index in [9.17, 15) is 0 Å². The first-order valence-corrected chi connectivity index (χ1v) is 7.57. The van der Waals surface area contributed by atoms with E-state index in [1.54, 1.807) is 12.4 Å². The van der Waals surface area contributed by atoms with E-state index in [1.807, 2.05) is 0 Å². The topological polar surface area (TPSA) is 90.9 Å². The van der Waals surface area contributed by atoms with E-state index in [0.717, 1.165) is 19.5 Å². The van der Waals surface area contributed by atoms with Gasteiger partial charge in [-0.3, -0.25) is 4.90 Å². The second-order valence-corrected chi connectivity index (χ2v) is 5.70. The number of nitrogens with two attached hydrogens (primary N) is 1. The summed E-state index contributed by atoms with van der Waals surface area (Å²) in [6.07, 6.45) is 8.30. The summed E-state index contributed by atoms with van der Waals surface area (Å²) in [6.45, 7) is 4.27. The number of nitrogens with zero attached hydrogens (tertiary/aromatic N) is 5. The standard InChI is InChI=1S/C14H22N6O/c15-13(18-21)12-14(17-6-5-16-12)20-9-4-11(10-20)19-7-2-1-3-8-19/h5-6,11,21H,1-4,7-10H2,(H2,15,18). The van der Waals surface area contributed by atoms with Crippen molar-refractivity contribution in [3.63, 3.8) is 0 Å². The van der Waals surface area contributed by atoms with Crippen molar-refractivity contribution in [3.05, 3.63) is 18.1 Å². The molecule has 0 spiro atoms. The minimum atomic E-state index is 0.0134. The Morgan fingerprint density at radius 3 is 2.71 bits per heavy atom. The van der Waals surface area contributed by atoms with Gasteiger partial charge < -0.3 is 15.8 Å². The quantitative estimate of drug-likeness (QED) is 0.367. The third-order valence-corrected chi connectivity index (χ3v) is 4.40. The van der Waals surface area contributed by atoms with E-state index in [4.69, 9.17) is 10.9 Å². The average molecular weight is 290 g/mol. The summed E-state index contributed by atoms with van der Waals surface area (Å²) in [5.41, 5.74) is 6.16. The van der Waals surface area contributed by atoms with Gasteiger partial charge >= 0.3 is 0 Å². The van der Waals surface area contributed by atoms with Crippen LogP contribution in [-0.4, -0.2) is 58.1 Å². The zero-order valence-corrected chi connectivity index (χ0v) is 12.1. The molecule has 0 saturated carbocycles. The Balaban J connectivity index is 1.74. The van der Waals surface area contributed by atoms with E-state index < -0.39 is 0 Å². The largest absolute Gasteiger partial charge is 0.409 e. The van der Waals surface area contributed by atoms with Gasteiger partial charge in [-0.15, -0.1) is 0 Å². The fourth-order valence-electron chi connectivity index (χ4n) is 3.31. The van der Waals surface area contributed by atoms with Crippen LogP contribution in [0, 0.1) is 0 Å². The molecule has 1 aromatic heterocycles. The first-order valence-electron chi connectivity index (χ1n) is 7.57. The van der Waals surface area contributed by atoms with Crippen molar-refractivity contribution in [1.29, 1.82) is 0 Å². The molecule has 0 aromatic carbocycles. The predicted molar refractivity (Wildman–Crippen MR) is 80.6 cm³/mol. The number of rotatable bonds is 3. The maximum Gasteiger partial charge on any atom is 0.192 e. The van der Waals surface area contributed by atoms with E-state index in [-0.39, 0.29) is 5.84 Å². The lowest BCUT2D eigenvalue weighted by Gasteiger charge is -2.32. The van der Waals surface area contributed by atoms with E-state index in [2.05, 4.69) is 24.9 Å². The highest BCUT2D eigenvalue weighted by Crippen LogP contribution is 2.25. The number of anilines is 1. The molecule has 2 aliphatic heterocycles. The van der Waals surface area contributed by atoms with Gasteiger partial charge in [0.1, 0.15) is 0 Å². The number of aromatic nitrogens is 2. The summed E-state index contributed by atoms with van der Waals surface area (Å²) >= 11 is 0. The summed E-state index contributed by atoms with van der Waals surface area (Å²) in [5, 5.41) is 11.9. The van der Waals surface area contributed by atoms with Gasteiger partial charge in [0, 0.05) is 31.5 Å². The number of likely N-dealkylation sites (tertiary alicyclic amines) is 1. The summed E-state index contributed by atoms with van der Waals surface area (Å²) in [7, 11) is 0. The van der Waals surface area contributed by atoms with Crippen LogP contribution in [0.15, 0.2) is 17.5 Å². The van der Waals surface area contributed by atoms with Crippen LogP contribution in [0.1, 0.15) is 31.4 Å². The van der Waals surface area contributed by atoms with Crippen LogP contribution in [-0.2, 0) is 0 Å². The number of hydrogen-bond donors (Lipinski definition) is 2. The molecular formula is C14H22N6O. The van der Waals surface area contributed by atoms with Gasteiger partial charge in [-0.1, -0.05) is 11.6 Å². The molecule has 2 saturated heterocycles. The van der Waals surface area contributed by atoms with Crippen molar-refractivity contribution in [2.24, 2.45) is 10.9 Å². The molecule has 0 bridgehead atoms. The molecule has 3 N–H and O–H groups in total. The molecule has 1 unspecified atom stereocenters. The van der Waals surface area contributed by atoms with Gasteiger partial charge in [-0.05, 0) is 32.4 Å². The van der Waals surface area contributed by atoms with E-state index in [1.165, 1.54) is 32.4 Å². The predicted octanol–water partition coefficient (Wildman–Crippen LogP) is 0.636. The van der Waals surface area contributed by atoms with Crippen LogP contribution >= 0.6 is 0 Å². The van der Waals surface area contributed by atoms with Gasteiger partial charge in [0.05, 0.1) is 0 Å². The molecule has 1 atom stereocenters. The van der Waals surface area contributed by atoms with Crippen LogP contribution in [0.25, 0.3) is 0 Å². The van der Waals surface area contributed by atoms with Crippen molar-refractivity contribution in [1.82, 2.24) is 14.9 Å². The molecule has 0 amide bonds.